The van der Waals surface area contributed by atoms with Crippen LogP contribution in [0.25, 0.3) is 5.69 Å². The van der Waals surface area contributed by atoms with E-state index in [0.29, 0.717) is 5.02 Å². The molecule has 0 fully saturated rings. The van der Waals surface area contributed by atoms with Crippen LogP contribution in [0.3, 0.4) is 0 Å². The summed E-state index contributed by atoms with van der Waals surface area (Å²) in [6, 6.07) is 5.65. The summed E-state index contributed by atoms with van der Waals surface area (Å²) in [6.07, 6.45) is 0. The molecular weight excluding hydrogens is 304 g/mol. The zero-order valence-corrected chi connectivity index (χ0v) is 11.9. The van der Waals surface area contributed by atoms with E-state index in [0.717, 1.165) is 27.1 Å². The number of halogens is 2. The smallest absolute Gasteiger partial charge is 0.0848 e. The van der Waals surface area contributed by atoms with Crippen LogP contribution in [0.1, 0.15) is 17.0 Å². The number of hydrogen-bond donors (Lipinski definition) is 1. The first-order valence-electron chi connectivity index (χ1n) is 5.16. The topological polar surface area (TPSA) is 38.0 Å². The van der Waals surface area contributed by atoms with E-state index in [2.05, 4.69) is 21.0 Å². The molecule has 90 valence electrons. The molecule has 0 radical (unpaired) electrons. The predicted octanol–water partition coefficient (Wildman–Crippen LogP) is 3.40. The number of hydrogen-bond acceptors (Lipinski definition) is 2. The highest BCUT2D eigenvalue weighted by Crippen LogP contribution is 2.27. The van der Waals surface area contributed by atoms with Gasteiger partial charge in [-0.2, -0.15) is 5.10 Å². The molecule has 0 spiro atoms. The number of aryl methyl sites for hydroxylation is 1. The minimum atomic E-state index is 0.0246. The molecule has 1 aromatic heterocycles. The lowest BCUT2D eigenvalue weighted by Gasteiger charge is -2.08. The second-order valence-corrected chi connectivity index (χ2v) is 5.07. The number of aliphatic hydroxyl groups is 1. The van der Waals surface area contributed by atoms with Crippen LogP contribution in [-0.4, -0.2) is 14.9 Å². The van der Waals surface area contributed by atoms with Crippen molar-refractivity contribution in [2.45, 2.75) is 20.5 Å². The predicted molar refractivity (Wildman–Crippen MR) is 71.7 cm³/mol. The summed E-state index contributed by atoms with van der Waals surface area (Å²) >= 11 is 9.60. The molecule has 0 saturated heterocycles. The second-order valence-electron chi connectivity index (χ2n) is 3.84. The van der Waals surface area contributed by atoms with E-state index in [1.807, 2.05) is 32.0 Å². The van der Waals surface area contributed by atoms with Crippen LogP contribution in [0.4, 0.5) is 0 Å². The van der Waals surface area contributed by atoms with Crippen LogP contribution in [0.2, 0.25) is 5.02 Å². The fourth-order valence-electron chi connectivity index (χ4n) is 1.68. The molecule has 0 atom stereocenters. The molecule has 0 bridgehead atoms. The number of nitrogens with zero attached hydrogens (tertiary/aromatic N) is 2. The van der Waals surface area contributed by atoms with Gasteiger partial charge in [0.25, 0.3) is 0 Å². The van der Waals surface area contributed by atoms with Crippen molar-refractivity contribution in [3.63, 3.8) is 0 Å². The fourth-order valence-corrected chi connectivity index (χ4v) is 2.39. The van der Waals surface area contributed by atoms with Gasteiger partial charge in [0.15, 0.2) is 0 Å². The first kappa shape index (κ1) is 12.6. The summed E-state index contributed by atoms with van der Waals surface area (Å²) in [4.78, 5) is 0. The molecule has 0 aliphatic carbocycles. The summed E-state index contributed by atoms with van der Waals surface area (Å²) < 4.78 is 2.68. The lowest BCUT2D eigenvalue weighted by molar-refractivity contribution is 0.282. The molecule has 2 rings (SSSR count). The molecule has 1 aromatic carbocycles. The summed E-state index contributed by atoms with van der Waals surface area (Å²) in [6.45, 7) is 3.83. The van der Waals surface area contributed by atoms with Gasteiger partial charge in [0.1, 0.15) is 0 Å². The van der Waals surface area contributed by atoms with Crippen molar-refractivity contribution in [3.05, 3.63) is 44.6 Å². The Labute approximate surface area is 113 Å². The molecule has 17 heavy (non-hydrogen) atoms. The first-order chi connectivity index (χ1) is 8.04. The molecule has 0 aliphatic heterocycles. The van der Waals surface area contributed by atoms with E-state index < -0.39 is 0 Å². The first-order valence-corrected chi connectivity index (χ1v) is 6.33. The maximum absolute atomic E-state index is 9.06. The highest BCUT2D eigenvalue weighted by Gasteiger charge is 2.12. The number of aromatic nitrogens is 2. The number of aliphatic hydroxyl groups excluding tert-OH is 1. The Balaban J connectivity index is 2.57. The van der Waals surface area contributed by atoms with E-state index in [1.54, 1.807) is 4.68 Å². The quantitative estimate of drug-likeness (QED) is 0.922. The lowest BCUT2D eigenvalue weighted by atomic mass is 10.2. The van der Waals surface area contributed by atoms with E-state index in [9.17, 15) is 0 Å². The minimum Gasteiger partial charge on any atom is -0.392 e. The molecule has 0 amide bonds. The highest BCUT2D eigenvalue weighted by molar-refractivity contribution is 9.10. The minimum absolute atomic E-state index is 0.0246. The Kier molecular flexibility index (Phi) is 3.56. The van der Waals surface area contributed by atoms with Crippen molar-refractivity contribution in [3.8, 4) is 5.69 Å². The van der Waals surface area contributed by atoms with Gasteiger partial charge in [0.05, 0.1) is 28.7 Å². The van der Waals surface area contributed by atoms with Crippen LogP contribution in [0.15, 0.2) is 22.7 Å². The summed E-state index contributed by atoms with van der Waals surface area (Å²) in [5.41, 5.74) is 3.48. The third-order valence-corrected chi connectivity index (χ3v) is 3.81. The van der Waals surface area contributed by atoms with Gasteiger partial charge < -0.3 is 5.11 Å². The van der Waals surface area contributed by atoms with Gasteiger partial charge in [-0.1, -0.05) is 17.7 Å². The van der Waals surface area contributed by atoms with Crippen molar-refractivity contribution in [2.75, 3.05) is 0 Å². The van der Waals surface area contributed by atoms with Crippen LogP contribution in [0, 0.1) is 13.8 Å². The Morgan fingerprint density at radius 2 is 2.12 bits per heavy atom. The van der Waals surface area contributed by atoms with Crippen LogP contribution >= 0.6 is 27.5 Å². The average Bonchev–Trinajstić information content (AvgIpc) is 2.57. The number of rotatable bonds is 2. The van der Waals surface area contributed by atoms with Crippen molar-refractivity contribution in [1.29, 1.82) is 0 Å². The molecule has 0 saturated carbocycles. The summed E-state index contributed by atoms with van der Waals surface area (Å²) in [5.74, 6) is 0. The zero-order chi connectivity index (χ0) is 12.6. The fraction of sp³-hybridized carbons (Fsp3) is 0.250. The van der Waals surface area contributed by atoms with E-state index >= 15 is 0 Å². The number of benzene rings is 1. The van der Waals surface area contributed by atoms with Crippen LogP contribution < -0.4 is 0 Å². The monoisotopic (exact) mass is 314 g/mol. The molecule has 0 aliphatic rings. The zero-order valence-electron chi connectivity index (χ0n) is 9.54. The van der Waals surface area contributed by atoms with Crippen LogP contribution in [0.5, 0.6) is 0 Å². The largest absolute Gasteiger partial charge is 0.392 e. The van der Waals surface area contributed by atoms with Crippen molar-refractivity contribution < 1.29 is 5.11 Å². The second kappa shape index (κ2) is 4.80. The Morgan fingerprint density at radius 1 is 1.41 bits per heavy atom. The Morgan fingerprint density at radius 3 is 2.59 bits per heavy atom. The van der Waals surface area contributed by atoms with Gasteiger partial charge >= 0.3 is 0 Å². The molecular formula is C12H12BrClN2O. The van der Waals surface area contributed by atoms with Crippen molar-refractivity contribution >= 4 is 27.5 Å². The van der Waals surface area contributed by atoms with Gasteiger partial charge in [0, 0.05) is 4.47 Å². The highest BCUT2D eigenvalue weighted by atomic mass is 79.9. The van der Waals surface area contributed by atoms with Gasteiger partial charge in [0.2, 0.25) is 0 Å². The molecule has 1 heterocycles. The SMILES string of the molecule is Cc1nn(-c2ccc(CO)cc2Br)c(C)c1Cl. The third kappa shape index (κ3) is 2.25. The van der Waals surface area contributed by atoms with E-state index in [-0.39, 0.29) is 6.61 Å². The average molecular weight is 316 g/mol. The third-order valence-electron chi connectivity index (χ3n) is 2.63. The Bertz CT molecular complexity index is 566. The maximum Gasteiger partial charge on any atom is 0.0848 e. The molecule has 0 unspecified atom stereocenters. The lowest BCUT2D eigenvalue weighted by Crippen LogP contribution is -2.00. The summed E-state index contributed by atoms with van der Waals surface area (Å²) in [7, 11) is 0. The van der Waals surface area contributed by atoms with E-state index in [4.69, 9.17) is 16.7 Å². The molecule has 2 aromatic rings. The molecule has 1 N–H and O–H groups in total. The molecule has 5 heteroatoms. The van der Waals surface area contributed by atoms with Gasteiger partial charge in [-0.3, -0.25) is 0 Å². The normalized spacial score (nSPS) is 10.9. The van der Waals surface area contributed by atoms with E-state index in [1.165, 1.54) is 0 Å². The van der Waals surface area contributed by atoms with Gasteiger partial charge in [-0.25, -0.2) is 4.68 Å². The van der Waals surface area contributed by atoms with Crippen LogP contribution in [-0.2, 0) is 6.61 Å². The van der Waals surface area contributed by atoms with Crippen molar-refractivity contribution in [2.24, 2.45) is 0 Å². The standard InChI is InChI=1S/C12H12BrClN2O/c1-7-12(14)8(2)16(15-7)11-4-3-9(6-17)5-10(11)13/h3-5,17H,6H2,1-2H3. The van der Waals surface area contributed by atoms with Crippen molar-refractivity contribution in [1.82, 2.24) is 9.78 Å². The summed E-state index contributed by atoms with van der Waals surface area (Å²) in [5, 5.41) is 14.1. The Hall–Kier alpha value is -0.840. The van der Waals surface area contributed by atoms with Gasteiger partial charge in [-0.05, 0) is 47.5 Å². The van der Waals surface area contributed by atoms with Gasteiger partial charge in [-0.15, -0.1) is 0 Å². The maximum atomic E-state index is 9.06. The molecule has 3 nitrogen and oxygen atoms in total.